The van der Waals surface area contributed by atoms with Gasteiger partial charge >= 0.3 is 0 Å². The molecule has 1 aliphatic heterocycles. The Morgan fingerprint density at radius 3 is 2.83 bits per heavy atom. The van der Waals surface area contributed by atoms with Crippen molar-refractivity contribution in [3.8, 4) is 0 Å². The van der Waals surface area contributed by atoms with Gasteiger partial charge in [-0.2, -0.15) is 0 Å². The Labute approximate surface area is 179 Å². The van der Waals surface area contributed by atoms with Gasteiger partial charge in [0.25, 0.3) is 11.5 Å². The van der Waals surface area contributed by atoms with Crippen LogP contribution in [0.1, 0.15) is 58.4 Å². The predicted molar refractivity (Wildman–Crippen MR) is 119 cm³/mol. The number of amides is 1. The van der Waals surface area contributed by atoms with Crippen LogP contribution in [0.5, 0.6) is 0 Å². The Hall–Kier alpha value is -2.51. The Morgan fingerprint density at radius 2 is 2.03 bits per heavy atom. The molecule has 30 heavy (non-hydrogen) atoms. The van der Waals surface area contributed by atoms with Gasteiger partial charge in [0.15, 0.2) is 0 Å². The molecule has 1 aliphatic rings. The highest BCUT2D eigenvalue weighted by Crippen LogP contribution is 2.28. The Bertz CT molecular complexity index is 1130. The average molecular weight is 426 g/mol. The summed E-state index contributed by atoms with van der Waals surface area (Å²) in [6.45, 7) is 6.11. The highest BCUT2D eigenvalue weighted by atomic mass is 32.1. The molecule has 0 spiro atoms. The monoisotopic (exact) mass is 425 g/mol. The van der Waals surface area contributed by atoms with Crippen molar-refractivity contribution in [1.82, 2.24) is 14.9 Å². The topological polar surface area (TPSA) is 73.2 Å². The Balaban J connectivity index is 1.59. The van der Waals surface area contributed by atoms with E-state index in [0.717, 1.165) is 48.2 Å². The first-order valence-electron chi connectivity index (χ1n) is 10.6. The number of carbonyl (C=O) groups excluding carboxylic acids is 1. The second kappa shape index (κ2) is 9.10. The molecule has 4 rings (SSSR count). The lowest BCUT2D eigenvalue weighted by Crippen LogP contribution is -2.25. The van der Waals surface area contributed by atoms with E-state index in [0.29, 0.717) is 41.4 Å². The zero-order valence-corrected chi connectivity index (χ0v) is 18.3. The predicted octanol–water partition coefficient (Wildman–Crippen LogP) is 3.96. The molecule has 7 heteroatoms. The SMILES string of the molecule is CCOCc1ccccc1CNC(=O)c1sc2nc3n(c(=O)c2c1C)CCCCC3. The molecule has 1 aromatic carbocycles. The number of carbonyl (C=O) groups is 1. The van der Waals surface area contributed by atoms with E-state index in [9.17, 15) is 9.59 Å². The van der Waals surface area contributed by atoms with E-state index in [4.69, 9.17) is 9.72 Å². The largest absolute Gasteiger partial charge is 0.377 e. The minimum absolute atomic E-state index is 0.00763. The highest BCUT2D eigenvalue weighted by Gasteiger charge is 2.22. The van der Waals surface area contributed by atoms with Crippen molar-refractivity contribution in [2.45, 2.75) is 59.2 Å². The van der Waals surface area contributed by atoms with Gasteiger partial charge in [-0.05, 0) is 43.4 Å². The smallest absolute Gasteiger partial charge is 0.262 e. The maximum Gasteiger partial charge on any atom is 0.262 e. The number of thiophene rings is 1. The number of fused-ring (bicyclic) bond motifs is 2. The van der Waals surface area contributed by atoms with Crippen molar-refractivity contribution >= 4 is 27.5 Å². The van der Waals surface area contributed by atoms with Crippen molar-refractivity contribution in [2.24, 2.45) is 0 Å². The number of hydrogen-bond donors (Lipinski definition) is 1. The van der Waals surface area contributed by atoms with Crippen molar-refractivity contribution in [3.63, 3.8) is 0 Å². The molecule has 1 amide bonds. The maximum atomic E-state index is 13.1. The molecule has 158 valence electrons. The molecule has 3 aromatic rings. The second-order valence-electron chi connectivity index (χ2n) is 7.62. The molecule has 0 bridgehead atoms. The standard InChI is InChI=1S/C23H27N3O3S/c1-3-29-14-17-10-7-6-9-16(17)13-24-21(27)20-15(2)19-22(30-20)25-18-11-5-4-8-12-26(18)23(19)28/h6-7,9-10H,3-5,8,11-14H2,1-2H3,(H,24,27). The van der Waals surface area contributed by atoms with Crippen molar-refractivity contribution < 1.29 is 9.53 Å². The van der Waals surface area contributed by atoms with Crippen LogP contribution < -0.4 is 10.9 Å². The fourth-order valence-corrected chi connectivity index (χ4v) is 5.07. The normalized spacial score (nSPS) is 13.8. The van der Waals surface area contributed by atoms with Gasteiger partial charge in [-0.25, -0.2) is 4.98 Å². The highest BCUT2D eigenvalue weighted by molar-refractivity contribution is 7.20. The van der Waals surface area contributed by atoms with E-state index in [1.54, 1.807) is 4.57 Å². The minimum atomic E-state index is -0.165. The summed E-state index contributed by atoms with van der Waals surface area (Å²) in [4.78, 5) is 32.0. The summed E-state index contributed by atoms with van der Waals surface area (Å²) >= 11 is 1.32. The fraction of sp³-hybridized carbons (Fsp3) is 0.435. The number of ether oxygens (including phenoxy) is 1. The second-order valence-corrected chi connectivity index (χ2v) is 8.62. The lowest BCUT2D eigenvalue weighted by Gasteiger charge is -2.10. The third-order valence-corrected chi connectivity index (χ3v) is 6.82. The maximum absolute atomic E-state index is 13.1. The van der Waals surface area contributed by atoms with Gasteiger partial charge < -0.3 is 10.1 Å². The first-order valence-corrected chi connectivity index (χ1v) is 11.4. The number of rotatable bonds is 6. The van der Waals surface area contributed by atoms with Crippen molar-refractivity contribution in [2.75, 3.05) is 6.61 Å². The van der Waals surface area contributed by atoms with E-state index in [-0.39, 0.29) is 11.5 Å². The average Bonchev–Trinajstić information content (AvgIpc) is 2.92. The molecule has 1 N–H and O–H groups in total. The summed E-state index contributed by atoms with van der Waals surface area (Å²) in [5.41, 5.74) is 2.82. The van der Waals surface area contributed by atoms with Gasteiger partial charge in [0.05, 0.1) is 16.9 Å². The van der Waals surface area contributed by atoms with Gasteiger partial charge in [-0.3, -0.25) is 14.2 Å². The molecule has 0 atom stereocenters. The lowest BCUT2D eigenvalue weighted by atomic mass is 10.1. The molecule has 0 unspecified atom stereocenters. The molecule has 0 saturated heterocycles. The van der Waals surface area contributed by atoms with Gasteiger partial charge in [0.1, 0.15) is 10.7 Å². The van der Waals surface area contributed by atoms with Gasteiger partial charge in [-0.1, -0.05) is 30.7 Å². The molecule has 0 radical (unpaired) electrons. The van der Waals surface area contributed by atoms with Crippen LogP contribution in [0.25, 0.3) is 10.2 Å². The van der Waals surface area contributed by atoms with Gasteiger partial charge in [0, 0.05) is 26.1 Å². The molecule has 6 nitrogen and oxygen atoms in total. The van der Waals surface area contributed by atoms with E-state index in [1.807, 2.05) is 38.1 Å². The number of nitrogens with zero attached hydrogens (tertiary/aromatic N) is 2. The first-order chi connectivity index (χ1) is 14.6. The van der Waals surface area contributed by atoms with Crippen LogP contribution in [-0.2, 0) is 30.9 Å². The molecule has 3 heterocycles. The van der Waals surface area contributed by atoms with Gasteiger partial charge in [-0.15, -0.1) is 11.3 Å². The molecule has 0 aliphatic carbocycles. The summed E-state index contributed by atoms with van der Waals surface area (Å²) in [5.74, 6) is 0.685. The molecule has 0 saturated carbocycles. The van der Waals surface area contributed by atoms with E-state index < -0.39 is 0 Å². The summed E-state index contributed by atoms with van der Waals surface area (Å²) in [5, 5.41) is 3.60. The Kier molecular flexibility index (Phi) is 6.29. The minimum Gasteiger partial charge on any atom is -0.377 e. The number of benzene rings is 1. The van der Waals surface area contributed by atoms with E-state index in [1.165, 1.54) is 11.3 Å². The van der Waals surface area contributed by atoms with Crippen molar-refractivity contribution in [3.05, 3.63) is 62.0 Å². The van der Waals surface area contributed by atoms with Crippen LogP contribution in [0.4, 0.5) is 0 Å². The number of hydrogen-bond acceptors (Lipinski definition) is 5. The summed E-state index contributed by atoms with van der Waals surface area (Å²) < 4.78 is 7.33. The molecular formula is C23H27N3O3S. The van der Waals surface area contributed by atoms with Crippen LogP contribution in [-0.4, -0.2) is 22.1 Å². The van der Waals surface area contributed by atoms with E-state index >= 15 is 0 Å². The van der Waals surface area contributed by atoms with Crippen molar-refractivity contribution in [1.29, 1.82) is 0 Å². The number of aromatic nitrogens is 2. The first kappa shape index (κ1) is 20.8. The van der Waals surface area contributed by atoms with Crippen LogP contribution in [0, 0.1) is 6.92 Å². The van der Waals surface area contributed by atoms with Gasteiger partial charge in [0.2, 0.25) is 0 Å². The fourth-order valence-electron chi connectivity index (χ4n) is 3.97. The van der Waals surface area contributed by atoms with Crippen LogP contribution in [0.15, 0.2) is 29.1 Å². The summed E-state index contributed by atoms with van der Waals surface area (Å²) in [6.07, 6.45) is 3.99. The zero-order valence-electron chi connectivity index (χ0n) is 17.5. The molecular weight excluding hydrogens is 398 g/mol. The van der Waals surface area contributed by atoms with Crippen LogP contribution >= 0.6 is 11.3 Å². The molecule has 0 fully saturated rings. The van der Waals surface area contributed by atoms with E-state index in [2.05, 4.69) is 5.32 Å². The summed E-state index contributed by atoms with van der Waals surface area (Å²) in [6, 6.07) is 7.94. The number of nitrogens with one attached hydrogen (secondary N) is 1. The molecule has 2 aromatic heterocycles. The third-order valence-electron chi connectivity index (χ3n) is 5.64. The Morgan fingerprint density at radius 1 is 1.23 bits per heavy atom. The number of aryl methyl sites for hydroxylation is 2. The van der Waals surface area contributed by atoms with Crippen LogP contribution in [0.3, 0.4) is 0 Å². The third kappa shape index (κ3) is 4.04. The summed E-state index contributed by atoms with van der Waals surface area (Å²) in [7, 11) is 0. The quantitative estimate of drug-likeness (QED) is 0.649. The van der Waals surface area contributed by atoms with Crippen LogP contribution in [0.2, 0.25) is 0 Å². The zero-order chi connectivity index (χ0) is 21.1. The lowest BCUT2D eigenvalue weighted by molar-refractivity contribution is 0.0953.